The third-order valence-electron chi connectivity index (χ3n) is 3.15. The Morgan fingerprint density at radius 2 is 1.78 bits per heavy atom. The van der Waals surface area contributed by atoms with Gasteiger partial charge in [0.05, 0.1) is 18.8 Å². The first kappa shape index (κ1) is 19.5. The summed E-state index contributed by atoms with van der Waals surface area (Å²) in [5.41, 5.74) is -0.257. The van der Waals surface area contributed by atoms with E-state index >= 15 is 0 Å². The predicted octanol–water partition coefficient (Wildman–Crippen LogP) is 4.79. The highest BCUT2D eigenvalue weighted by atomic mass is 19.4. The van der Waals surface area contributed by atoms with E-state index in [1.54, 1.807) is 30.3 Å². The minimum absolute atomic E-state index is 0.0811. The number of benzene rings is 1. The second-order valence-corrected chi connectivity index (χ2v) is 4.94. The number of ether oxygens (including phenoxy) is 3. The second-order valence-electron chi connectivity index (χ2n) is 4.94. The summed E-state index contributed by atoms with van der Waals surface area (Å²) in [5, 5.41) is 0. The first-order chi connectivity index (χ1) is 11.0. The molecule has 130 valence electrons. The standard InChI is InChI=1S/C17H23F3O3/c1-3-4-10-15(17(18,19)20)16(14-8-6-5-7-9-14)23-13-22-12-11-21-2/h5-9H,3-4,10-13H2,1-2H3/b16-15-. The van der Waals surface area contributed by atoms with Gasteiger partial charge in [-0.15, -0.1) is 0 Å². The molecule has 0 saturated heterocycles. The minimum atomic E-state index is -4.44. The number of hydrogen-bond acceptors (Lipinski definition) is 3. The molecule has 0 fully saturated rings. The van der Waals surface area contributed by atoms with Crippen LogP contribution >= 0.6 is 0 Å². The van der Waals surface area contributed by atoms with Crippen LogP contribution in [0.4, 0.5) is 13.2 Å². The van der Waals surface area contributed by atoms with Gasteiger partial charge in [-0.3, -0.25) is 0 Å². The quantitative estimate of drug-likeness (QED) is 0.350. The Morgan fingerprint density at radius 3 is 2.35 bits per heavy atom. The van der Waals surface area contributed by atoms with Gasteiger partial charge in [0.15, 0.2) is 6.79 Å². The maximum absolute atomic E-state index is 13.4. The van der Waals surface area contributed by atoms with Crippen molar-refractivity contribution in [1.82, 2.24) is 0 Å². The van der Waals surface area contributed by atoms with Crippen molar-refractivity contribution < 1.29 is 27.4 Å². The van der Waals surface area contributed by atoms with E-state index in [2.05, 4.69) is 0 Å². The Bertz CT molecular complexity index is 470. The summed E-state index contributed by atoms with van der Waals surface area (Å²) >= 11 is 0. The molecule has 0 aliphatic carbocycles. The van der Waals surface area contributed by atoms with Crippen LogP contribution in [0.5, 0.6) is 0 Å². The fourth-order valence-electron chi connectivity index (χ4n) is 1.97. The minimum Gasteiger partial charge on any atom is -0.467 e. The van der Waals surface area contributed by atoms with Crippen LogP contribution in [0.2, 0.25) is 0 Å². The first-order valence-corrected chi connectivity index (χ1v) is 7.56. The van der Waals surface area contributed by atoms with Crippen LogP contribution in [0.25, 0.3) is 5.76 Å². The molecule has 0 radical (unpaired) electrons. The lowest BCUT2D eigenvalue weighted by Gasteiger charge is -2.19. The first-order valence-electron chi connectivity index (χ1n) is 7.56. The molecule has 23 heavy (non-hydrogen) atoms. The number of hydrogen-bond donors (Lipinski definition) is 0. The highest BCUT2D eigenvalue weighted by Gasteiger charge is 2.37. The van der Waals surface area contributed by atoms with Crippen molar-refractivity contribution in [1.29, 1.82) is 0 Å². The maximum Gasteiger partial charge on any atom is 0.416 e. The summed E-state index contributed by atoms with van der Waals surface area (Å²) in [6.45, 7) is 2.22. The van der Waals surface area contributed by atoms with Crippen LogP contribution in [0.1, 0.15) is 31.7 Å². The van der Waals surface area contributed by atoms with Gasteiger partial charge in [-0.25, -0.2) is 0 Å². The number of methoxy groups -OCH3 is 1. The summed E-state index contributed by atoms with van der Waals surface area (Å²) < 4.78 is 55.5. The summed E-state index contributed by atoms with van der Waals surface area (Å²) in [5.74, 6) is -0.163. The van der Waals surface area contributed by atoms with E-state index in [0.29, 0.717) is 25.0 Å². The van der Waals surface area contributed by atoms with E-state index in [-0.39, 0.29) is 25.6 Å². The summed E-state index contributed by atoms with van der Waals surface area (Å²) in [4.78, 5) is 0. The maximum atomic E-state index is 13.4. The molecule has 0 aliphatic heterocycles. The van der Waals surface area contributed by atoms with Crippen molar-refractivity contribution in [2.24, 2.45) is 0 Å². The molecular formula is C17H23F3O3. The molecule has 0 aliphatic rings. The fourth-order valence-corrected chi connectivity index (χ4v) is 1.97. The second kappa shape index (κ2) is 10.3. The number of rotatable bonds is 10. The van der Waals surface area contributed by atoms with E-state index < -0.39 is 11.7 Å². The third-order valence-corrected chi connectivity index (χ3v) is 3.15. The Balaban J connectivity index is 3.01. The van der Waals surface area contributed by atoms with Gasteiger partial charge in [-0.05, 0) is 12.8 Å². The number of unbranched alkanes of at least 4 members (excludes halogenated alkanes) is 1. The average molecular weight is 332 g/mol. The molecule has 0 aromatic heterocycles. The predicted molar refractivity (Wildman–Crippen MR) is 82.7 cm³/mol. The zero-order chi connectivity index (χ0) is 17.1. The Kier molecular flexibility index (Phi) is 8.73. The van der Waals surface area contributed by atoms with Crippen LogP contribution in [0.3, 0.4) is 0 Å². The van der Waals surface area contributed by atoms with Crippen molar-refractivity contribution in [3.05, 3.63) is 41.5 Å². The van der Waals surface area contributed by atoms with Crippen LogP contribution in [0, 0.1) is 0 Å². The lowest BCUT2D eigenvalue weighted by molar-refractivity contribution is -0.0969. The molecule has 0 bridgehead atoms. The number of allylic oxidation sites excluding steroid dienone is 1. The molecule has 3 nitrogen and oxygen atoms in total. The van der Waals surface area contributed by atoms with Gasteiger partial charge in [0.2, 0.25) is 0 Å². The van der Waals surface area contributed by atoms with Crippen molar-refractivity contribution >= 4 is 5.76 Å². The van der Waals surface area contributed by atoms with Gasteiger partial charge < -0.3 is 14.2 Å². The van der Waals surface area contributed by atoms with E-state index in [0.717, 1.165) is 0 Å². The van der Waals surface area contributed by atoms with Gasteiger partial charge in [0.25, 0.3) is 0 Å². The highest BCUT2D eigenvalue weighted by Crippen LogP contribution is 2.36. The Morgan fingerprint density at radius 1 is 1.09 bits per heavy atom. The van der Waals surface area contributed by atoms with E-state index in [1.807, 2.05) is 6.92 Å². The molecule has 0 saturated carbocycles. The van der Waals surface area contributed by atoms with Crippen molar-refractivity contribution in [3.8, 4) is 0 Å². The number of alkyl halides is 3. The van der Waals surface area contributed by atoms with Gasteiger partial charge in [0.1, 0.15) is 5.76 Å². The summed E-state index contributed by atoms with van der Waals surface area (Å²) in [7, 11) is 1.52. The molecule has 6 heteroatoms. The molecule has 0 unspecified atom stereocenters. The van der Waals surface area contributed by atoms with Crippen molar-refractivity contribution in [2.45, 2.75) is 32.4 Å². The van der Waals surface area contributed by atoms with Crippen LogP contribution in [-0.4, -0.2) is 33.3 Å². The van der Waals surface area contributed by atoms with Gasteiger partial charge in [-0.2, -0.15) is 13.2 Å². The topological polar surface area (TPSA) is 27.7 Å². The van der Waals surface area contributed by atoms with Gasteiger partial charge >= 0.3 is 6.18 Å². The van der Waals surface area contributed by atoms with Crippen molar-refractivity contribution in [2.75, 3.05) is 27.1 Å². The lowest BCUT2D eigenvalue weighted by atomic mass is 10.0. The lowest BCUT2D eigenvalue weighted by Crippen LogP contribution is -2.16. The number of halogens is 3. The molecular weight excluding hydrogens is 309 g/mol. The Hall–Kier alpha value is -1.53. The summed E-state index contributed by atoms with van der Waals surface area (Å²) in [6.07, 6.45) is -3.40. The third kappa shape index (κ3) is 7.05. The molecule has 0 heterocycles. The molecule has 1 rings (SSSR count). The average Bonchev–Trinajstić information content (AvgIpc) is 2.52. The van der Waals surface area contributed by atoms with E-state index in [9.17, 15) is 13.2 Å². The zero-order valence-corrected chi connectivity index (χ0v) is 13.5. The van der Waals surface area contributed by atoms with Crippen LogP contribution in [-0.2, 0) is 14.2 Å². The largest absolute Gasteiger partial charge is 0.467 e. The molecule has 0 amide bonds. The monoisotopic (exact) mass is 332 g/mol. The molecule has 0 spiro atoms. The zero-order valence-electron chi connectivity index (χ0n) is 13.5. The van der Waals surface area contributed by atoms with Crippen molar-refractivity contribution in [3.63, 3.8) is 0 Å². The van der Waals surface area contributed by atoms with Gasteiger partial charge in [0, 0.05) is 12.7 Å². The normalized spacial score (nSPS) is 12.9. The SMILES string of the molecule is CCCC/C(=C(/OCOCCOC)c1ccccc1)C(F)(F)F. The van der Waals surface area contributed by atoms with E-state index in [4.69, 9.17) is 14.2 Å². The van der Waals surface area contributed by atoms with Crippen LogP contribution < -0.4 is 0 Å². The molecule has 0 atom stereocenters. The highest BCUT2D eigenvalue weighted by molar-refractivity contribution is 5.64. The Labute approximate surface area is 135 Å². The summed E-state index contributed by atoms with van der Waals surface area (Å²) in [6, 6.07) is 8.30. The molecule has 0 N–H and O–H groups in total. The van der Waals surface area contributed by atoms with Gasteiger partial charge in [-0.1, -0.05) is 43.7 Å². The molecule has 1 aromatic carbocycles. The fraction of sp³-hybridized carbons (Fsp3) is 0.529. The molecule has 1 aromatic rings. The van der Waals surface area contributed by atoms with E-state index in [1.165, 1.54) is 7.11 Å². The van der Waals surface area contributed by atoms with Crippen LogP contribution in [0.15, 0.2) is 35.9 Å². The smallest absolute Gasteiger partial charge is 0.416 e.